The quantitative estimate of drug-likeness (QED) is 0.771. The average Bonchev–Trinajstić information content (AvgIpc) is 3.07. The molecule has 2 aliphatic rings. The Morgan fingerprint density at radius 1 is 1.41 bits per heavy atom. The smallest absolute Gasteiger partial charge is 0.317 e. The molecule has 1 unspecified atom stereocenters. The van der Waals surface area contributed by atoms with Crippen molar-refractivity contribution in [3.05, 3.63) is 0 Å². The summed E-state index contributed by atoms with van der Waals surface area (Å²) in [6, 6.07) is 0.871. The van der Waals surface area contributed by atoms with E-state index >= 15 is 0 Å². The largest absolute Gasteiger partial charge is 0.383 e. The Morgan fingerprint density at radius 2 is 2.12 bits per heavy atom. The van der Waals surface area contributed by atoms with Crippen molar-refractivity contribution in [2.24, 2.45) is 5.92 Å². The summed E-state index contributed by atoms with van der Waals surface area (Å²) in [5, 5.41) is 3.12. The molecule has 0 aliphatic heterocycles. The monoisotopic (exact) mass is 240 g/mol. The van der Waals surface area contributed by atoms with E-state index in [1.165, 1.54) is 19.3 Å². The van der Waals surface area contributed by atoms with E-state index in [1.807, 2.05) is 4.90 Å². The summed E-state index contributed by atoms with van der Waals surface area (Å²) in [7, 11) is 1.68. The summed E-state index contributed by atoms with van der Waals surface area (Å²) >= 11 is 0. The summed E-state index contributed by atoms with van der Waals surface area (Å²) in [4.78, 5) is 14.1. The molecule has 2 fully saturated rings. The van der Waals surface area contributed by atoms with Gasteiger partial charge in [0, 0.05) is 25.7 Å². The summed E-state index contributed by atoms with van der Waals surface area (Å²) < 4.78 is 5.10. The lowest BCUT2D eigenvalue weighted by Crippen LogP contribution is -2.51. The fraction of sp³-hybridized carbons (Fsp3) is 0.923. The zero-order valence-electron chi connectivity index (χ0n) is 10.9. The molecule has 2 rings (SSSR count). The molecule has 0 bridgehead atoms. The van der Waals surface area contributed by atoms with Crippen LogP contribution in [0.25, 0.3) is 0 Å². The predicted octanol–water partition coefficient (Wildman–Crippen LogP) is 2.00. The molecule has 2 saturated carbocycles. The van der Waals surface area contributed by atoms with Gasteiger partial charge in [-0.15, -0.1) is 0 Å². The Kier molecular flexibility index (Phi) is 4.26. The third kappa shape index (κ3) is 3.35. The lowest BCUT2D eigenvalue weighted by Gasteiger charge is -2.34. The minimum Gasteiger partial charge on any atom is -0.383 e. The third-order valence-electron chi connectivity index (χ3n) is 4.03. The van der Waals surface area contributed by atoms with Gasteiger partial charge in [0.05, 0.1) is 6.61 Å². The maximum absolute atomic E-state index is 12.2. The van der Waals surface area contributed by atoms with E-state index in [1.54, 1.807) is 7.11 Å². The number of rotatable bonds is 6. The fourth-order valence-corrected chi connectivity index (χ4v) is 2.32. The molecule has 2 aliphatic carbocycles. The predicted molar refractivity (Wildman–Crippen MR) is 66.9 cm³/mol. The van der Waals surface area contributed by atoms with Crippen LogP contribution in [0.2, 0.25) is 0 Å². The van der Waals surface area contributed by atoms with Gasteiger partial charge in [-0.1, -0.05) is 0 Å². The zero-order chi connectivity index (χ0) is 12.3. The van der Waals surface area contributed by atoms with Crippen molar-refractivity contribution in [1.82, 2.24) is 10.2 Å². The van der Waals surface area contributed by atoms with Gasteiger partial charge >= 0.3 is 6.03 Å². The van der Waals surface area contributed by atoms with Gasteiger partial charge in [-0.05, 0) is 44.9 Å². The summed E-state index contributed by atoms with van der Waals surface area (Å²) in [6.45, 7) is 3.48. The van der Waals surface area contributed by atoms with Crippen molar-refractivity contribution in [2.75, 3.05) is 20.3 Å². The Morgan fingerprint density at radius 3 is 2.59 bits per heavy atom. The van der Waals surface area contributed by atoms with Crippen LogP contribution in [0, 0.1) is 5.92 Å². The number of hydrogen-bond acceptors (Lipinski definition) is 2. The average molecular weight is 240 g/mol. The standard InChI is InChI=1S/C13H24N2O2/c1-10(11-6-7-11)15(8-9-17-2)13(16)14-12-4-3-5-12/h10-12H,3-9H2,1-2H3,(H,14,16). The Hall–Kier alpha value is -0.770. The first-order chi connectivity index (χ1) is 8.22. The molecule has 4 nitrogen and oxygen atoms in total. The van der Waals surface area contributed by atoms with E-state index < -0.39 is 0 Å². The van der Waals surface area contributed by atoms with Crippen LogP contribution in [-0.4, -0.2) is 43.3 Å². The van der Waals surface area contributed by atoms with Gasteiger partial charge in [0.15, 0.2) is 0 Å². The van der Waals surface area contributed by atoms with Gasteiger partial charge < -0.3 is 15.0 Å². The second kappa shape index (κ2) is 5.71. The van der Waals surface area contributed by atoms with Crippen LogP contribution in [0.15, 0.2) is 0 Å². The molecule has 1 N–H and O–H groups in total. The van der Waals surface area contributed by atoms with Crippen molar-refractivity contribution >= 4 is 6.03 Å². The van der Waals surface area contributed by atoms with Gasteiger partial charge in [-0.2, -0.15) is 0 Å². The van der Waals surface area contributed by atoms with Crippen LogP contribution in [0.4, 0.5) is 4.79 Å². The van der Waals surface area contributed by atoms with Crippen LogP contribution in [-0.2, 0) is 4.74 Å². The number of amides is 2. The second-order valence-electron chi connectivity index (χ2n) is 5.34. The van der Waals surface area contributed by atoms with Gasteiger partial charge in [0.2, 0.25) is 0 Å². The number of nitrogens with one attached hydrogen (secondary N) is 1. The number of urea groups is 1. The highest BCUT2D eigenvalue weighted by molar-refractivity contribution is 5.75. The Balaban J connectivity index is 1.85. The number of nitrogens with zero attached hydrogens (tertiary/aromatic N) is 1. The molecule has 0 heterocycles. The first-order valence-corrected chi connectivity index (χ1v) is 6.78. The van der Waals surface area contributed by atoms with E-state index in [0.29, 0.717) is 31.2 Å². The molecular formula is C13H24N2O2. The van der Waals surface area contributed by atoms with Gasteiger partial charge in [0.25, 0.3) is 0 Å². The Bertz CT molecular complexity index is 262. The van der Waals surface area contributed by atoms with E-state index in [2.05, 4.69) is 12.2 Å². The summed E-state index contributed by atoms with van der Waals surface area (Å²) in [5.41, 5.74) is 0. The van der Waals surface area contributed by atoms with Gasteiger partial charge in [0.1, 0.15) is 0 Å². The number of ether oxygens (including phenoxy) is 1. The highest BCUT2D eigenvalue weighted by atomic mass is 16.5. The van der Waals surface area contributed by atoms with Crippen LogP contribution >= 0.6 is 0 Å². The number of carbonyl (C=O) groups is 1. The number of hydrogen-bond donors (Lipinski definition) is 1. The fourth-order valence-electron chi connectivity index (χ4n) is 2.32. The van der Waals surface area contributed by atoms with Crippen LogP contribution in [0.1, 0.15) is 39.0 Å². The van der Waals surface area contributed by atoms with Crippen molar-refractivity contribution in [3.63, 3.8) is 0 Å². The van der Waals surface area contributed by atoms with Gasteiger partial charge in [-0.3, -0.25) is 0 Å². The molecule has 0 spiro atoms. The van der Waals surface area contributed by atoms with E-state index in [4.69, 9.17) is 4.74 Å². The van der Waals surface area contributed by atoms with E-state index in [9.17, 15) is 4.79 Å². The molecule has 4 heteroatoms. The van der Waals surface area contributed by atoms with Crippen molar-refractivity contribution < 1.29 is 9.53 Å². The summed E-state index contributed by atoms with van der Waals surface area (Å²) in [6.07, 6.45) is 6.06. The molecule has 0 aromatic rings. The normalized spacial score (nSPS) is 21.8. The zero-order valence-corrected chi connectivity index (χ0v) is 10.9. The molecular weight excluding hydrogens is 216 g/mol. The summed E-state index contributed by atoms with van der Waals surface area (Å²) in [5.74, 6) is 0.707. The van der Waals surface area contributed by atoms with Crippen LogP contribution in [0.5, 0.6) is 0 Å². The first-order valence-electron chi connectivity index (χ1n) is 6.78. The Labute approximate surface area is 104 Å². The van der Waals surface area contributed by atoms with E-state index in [-0.39, 0.29) is 6.03 Å². The maximum atomic E-state index is 12.2. The lowest BCUT2D eigenvalue weighted by molar-refractivity contribution is 0.122. The molecule has 2 amide bonds. The minimum absolute atomic E-state index is 0.103. The molecule has 0 radical (unpaired) electrons. The molecule has 17 heavy (non-hydrogen) atoms. The van der Waals surface area contributed by atoms with Gasteiger partial charge in [-0.25, -0.2) is 4.79 Å². The topological polar surface area (TPSA) is 41.6 Å². The van der Waals surface area contributed by atoms with Crippen molar-refractivity contribution in [1.29, 1.82) is 0 Å². The highest BCUT2D eigenvalue weighted by Gasteiger charge is 2.35. The van der Waals surface area contributed by atoms with Crippen molar-refractivity contribution in [3.8, 4) is 0 Å². The molecule has 1 atom stereocenters. The number of methoxy groups -OCH3 is 1. The van der Waals surface area contributed by atoms with Crippen LogP contribution < -0.4 is 5.32 Å². The first kappa shape index (κ1) is 12.7. The maximum Gasteiger partial charge on any atom is 0.317 e. The highest BCUT2D eigenvalue weighted by Crippen LogP contribution is 2.35. The minimum atomic E-state index is 0.103. The van der Waals surface area contributed by atoms with Crippen LogP contribution in [0.3, 0.4) is 0 Å². The van der Waals surface area contributed by atoms with Crippen molar-refractivity contribution in [2.45, 2.75) is 51.1 Å². The third-order valence-corrected chi connectivity index (χ3v) is 4.03. The molecule has 98 valence electrons. The van der Waals surface area contributed by atoms with E-state index in [0.717, 1.165) is 12.8 Å². The molecule has 0 aromatic carbocycles. The SMILES string of the molecule is COCCN(C(=O)NC1CCC1)C(C)C1CC1. The second-order valence-corrected chi connectivity index (χ2v) is 5.34. The lowest BCUT2D eigenvalue weighted by atomic mass is 9.93. The molecule has 0 aromatic heterocycles. The molecule has 0 saturated heterocycles. The number of carbonyl (C=O) groups excluding carboxylic acids is 1.